The molecule has 0 N–H and O–H groups in total. The van der Waals surface area contributed by atoms with Crippen LogP contribution in [-0.4, -0.2) is 19.2 Å². The number of benzene rings is 1. The first kappa shape index (κ1) is 16.7. The van der Waals surface area contributed by atoms with E-state index >= 15 is 4.39 Å². The summed E-state index contributed by atoms with van der Waals surface area (Å²) in [5.41, 5.74) is 4.38. The zero-order valence-corrected chi connectivity index (χ0v) is 14.8. The molecule has 1 aliphatic rings. The Labute approximate surface area is 142 Å². The highest BCUT2D eigenvalue weighted by molar-refractivity contribution is 5.69. The van der Waals surface area contributed by atoms with Crippen molar-refractivity contribution in [2.45, 2.75) is 45.4 Å². The van der Waals surface area contributed by atoms with E-state index in [1.807, 2.05) is 26.1 Å². The number of aromatic nitrogens is 1. The number of nitrogens with zero attached hydrogens (tertiary/aromatic N) is 1. The lowest BCUT2D eigenvalue weighted by Crippen LogP contribution is -2.06. The van der Waals surface area contributed by atoms with Crippen molar-refractivity contribution < 1.29 is 13.9 Å². The zero-order valence-electron chi connectivity index (χ0n) is 14.8. The van der Waals surface area contributed by atoms with Crippen LogP contribution in [0.25, 0.3) is 11.3 Å². The molecule has 0 atom stereocenters. The Kier molecular flexibility index (Phi) is 4.74. The minimum Gasteiger partial charge on any atom is -0.496 e. The minimum atomic E-state index is -0.370. The maximum Gasteiger partial charge on any atom is 0.174 e. The van der Waals surface area contributed by atoms with Crippen molar-refractivity contribution in [3.8, 4) is 22.8 Å². The van der Waals surface area contributed by atoms with Crippen LogP contribution in [0.15, 0.2) is 18.3 Å². The summed E-state index contributed by atoms with van der Waals surface area (Å²) in [4.78, 5) is 4.50. The van der Waals surface area contributed by atoms with Gasteiger partial charge in [-0.25, -0.2) is 4.39 Å². The maximum atomic E-state index is 15.1. The molecule has 3 nitrogen and oxygen atoms in total. The maximum absolute atomic E-state index is 15.1. The Balaban J connectivity index is 2.18. The molecule has 0 aliphatic heterocycles. The van der Waals surface area contributed by atoms with Crippen LogP contribution in [0.4, 0.5) is 4.39 Å². The summed E-state index contributed by atoms with van der Waals surface area (Å²) in [5.74, 6) is 0.608. The molecule has 0 amide bonds. The second kappa shape index (κ2) is 6.80. The molecule has 0 bridgehead atoms. The summed E-state index contributed by atoms with van der Waals surface area (Å²) in [5, 5.41) is 0. The third-order valence-electron chi connectivity index (χ3n) is 4.72. The average Bonchev–Trinajstić information content (AvgIpc) is 2.60. The van der Waals surface area contributed by atoms with Gasteiger partial charge in [-0.1, -0.05) is 13.8 Å². The van der Waals surface area contributed by atoms with Crippen LogP contribution in [0, 0.1) is 5.82 Å². The van der Waals surface area contributed by atoms with E-state index in [-0.39, 0.29) is 17.5 Å². The molecular formula is C20H24FNO2. The van der Waals surface area contributed by atoms with Gasteiger partial charge in [0.25, 0.3) is 0 Å². The first-order valence-corrected chi connectivity index (χ1v) is 8.49. The second-order valence-corrected chi connectivity index (χ2v) is 6.59. The van der Waals surface area contributed by atoms with E-state index in [4.69, 9.17) is 9.47 Å². The Morgan fingerprint density at radius 1 is 1.04 bits per heavy atom. The minimum absolute atomic E-state index is 0.0925. The van der Waals surface area contributed by atoms with Crippen LogP contribution in [-0.2, 0) is 12.8 Å². The fourth-order valence-corrected chi connectivity index (χ4v) is 3.49. The van der Waals surface area contributed by atoms with Gasteiger partial charge in [0.05, 0.1) is 19.9 Å². The van der Waals surface area contributed by atoms with Crippen molar-refractivity contribution >= 4 is 0 Å². The molecular weight excluding hydrogens is 305 g/mol. The summed E-state index contributed by atoms with van der Waals surface area (Å²) in [7, 11) is 3.09. The van der Waals surface area contributed by atoms with Gasteiger partial charge in [-0.3, -0.25) is 4.98 Å². The van der Waals surface area contributed by atoms with Crippen molar-refractivity contribution in [1.82, 2.24) is 4.98 Å². The lowest BCUT2D eigenvalue weighted by Gasteiger charge is -2.20. The molecule has 3 rings (SSSR count). The van der Waals surface area contributed by atoms with Gasteiger partial charge < -0.3 is 9.47 Å². The lowest BCUT2D eigenvalue weighted by molar-refractivity contribution is 0.363. The standard InChI is InChI=1S/C20H24FNO2/c1-12(2)18-17(23-3)10-15(19(21)20(18)24-4)16-9-13-7-5-6-8-14(13)11-22-16/h9-12H,5-8H2,1-4H3. The van der Waals surface area contributed by atoms with Crippen LogP contribution in [0.5, 0.6) is 11.5 Å². The molecule has 0 fully saturated rings. The van der Waals surface area contributed by atoms with Gasteiger partial charge in [-0.15, -0.1) is 0 Å². The number of fused-ring (bicyclic) bond motifs is 1. The number of methoxy groups -OCH3 is 2. The molecule has 1 aliphatic carbocycles. The third kappa shape index (κ3) is 2.85. The molecule has 0 saturated heterocycles. The van der Waals surface area contributed by atoms with Crippen LogP contribution in [0.3, 0.4) is 0 Å². The van der Waals surface area contributed by atoms with Crippen molar-refractivity contribution in [3.05, 3.63) is 40.8 Å². The van der Waals surface area contributed by atoms with Gasteiger partial charge >= 0.3 is 0 Å². The monoisotopic (exact) mass is 329 g/mol. The van der Waals surface area contributed by atoms with Crippen molar-refractivity contribution in [3.63, 3.8) is 0 Å². The van der Waals surface area contributed by atoms with E-state index in [0.29, 0.717) is 17.0 Å². The summed E-state index contributed by atoms with van der Waals surface area (Å²) in [6, 6.07) is 3.76. The van der Waals surface area contributed by atoms with E-state index < -0.39 is 0 Å². The Morgan fingerprint density at radius 2 is 1.75 bits per heavy atom. The first-order valence-electron chi connectivity index (χ1n) is 8.49. The average molecular weight is 329 g/mol. The van der Waals surface area contributed by atoms with E-state index in [0.717, 1.165) is 18.4 Å². The van der Waals surface area contributed by atoms with Gasteiger partial charge in [0.2, 0.25) is 0 Å². The second-order valence-electron chi connectivity index (χ2n) is 6.59. The SMILES string of the molecule is COc1cc(-c2cc3c(cn2)CCCC3)c(F)c(OC)c1C(C)C. The highest BCUT2D eigenvalue weighted by Crippen LogP contribution is 2.42. The normalized spacial score (nSPS) is 13.8. The molecule has 0 saturated carbocycles. The van der Waals surface area contributed by atoms with Crippen molar-refractivity contribution in [1.29, 1.82) is 0 Å². The molecule has 0 unspecified atom stereocenters. The number of pyridine rings is 1. The van der Waals surface area contributed by atoms with Gasteiger partial charge in [0.1, 0.15) is 5.75 Å². The number of rotatable bonds is 4. The van der Waals surface area contributed by atoms with Crippen LogP contribution >= 0.6 is 0 Å². The smallest absolute Gasteiger partial charge is 0.174 e. The molecule has 1 aromatic heterocycles. The first-order chi connectivity index (χ1) is 11.6. The molecule has 24 heavy (non-hydrogen) atoms. The number of hydrogen-bond acceptors (Lipinski definition) is 3. The third-order valence-corrected chi connectivity index (χ3v) is 4.72. The molecule has 128 valence electrons. The molecule has 1 heterocycles. The predicted molar refractivity (Wildman–Crippen MR) is 93.5 cm³/mol. The van der Waals surface area contributed by atoms with Gasteiger partial charge in [0.15, 0.2) is 11.6 Å². The van der Waals surface area contributed by atoms with Crippen molar-refractivity contribution in [2.24, 2.45) is 0 Å². The van der Waals surface area contributed by atoms with Gasteiger partial charge in [0, 0.05) is 17.3 Å². The number of hydrogen-bond donors (Lipinski definition) is 0. The summed E-state index contributed by atoms with van der Waals surface area (Å²) in [6.07, 6.45) is 6.36. The molecule has 1 aromatic carbocycles. The van der Waals surface area contributed by atoms with Gasteiger partial charge in [-0.05, 0) is 54.9 Å². The van der Waals surface area contributed by atoms with Crippen LogP contribution in [0.1, 0.15) is 49.3 Å². The zero-order chi connectivity index (χ0) is 17.3. The lowest BCUT2D eigenvalue weighted by atomic mass is 9.91. The van der Waals surface area contributed by atoms with E-state index in [1.54, 1.807) is 13.2 Å². The Bertz CT molecular complexity index is 756. The van der Waals surface area contributed by atoms with Crippen LogP contribution in [0.2, 0.25) is 0 Å². The highest BCUT2D eigenvalue weighted by Gasteiger charge is 2.24. The van der Waals surface area contributed by atoms with Crippen molar-refractivity contribution in [2.75, 3.05) is 14.2 Å². The topological polar surface area (TPSA) is 31.4 Å². The number of halogens is 1. The molecule has 0 radical (unpaired) electrons. The van der Waals surface area contributed by atoms with E-state index in [1.165, 1.54) is 31.1 Å². The van der Waals surface area contributed by atoms with Gasteiger partial charge in [-0.2, -0.15) is 0 Å². The fourth-order valence-electron chi connectivity index (χ4n) is 3.49. The van der Waals surface area contributed by atoms with E-state index in [9.17, 15) is 0 Å². The number of aryl methyl sites for hydroxylation is 2. The summed E-state index contributed by atoms with van der Waals surface area (Å²) >= 11 is 0. The molecule has 4 heteroatoms. The largest absolute Gasteiger partial charge is 0.496 e. The summed E-state index contributed by atoms with van der Waals surface area (Å²) < 4.78 is 26.0. The predicted octanol–water partition coefficient (Wildman–Crippen LogP) is 4.91. The Morgan fingerprint density at radius 3 is 2.38 bits per heavy atom. The van der Waals surface area contributed by atoms with E-state index in [2.05, 4.69) is 4.98 Å². The fraction of sp³-hybridized carbons (Fsp3) is 0.450. The quantitative estimate of drug-likeness (QED) is 0.799. The number of ether oxygens (including phenoxy) is 2. The van der Waals surface area contributed by atoms with Crippen LogP contribution < -0.4 is 9.47 Å². The highest BCUT2D eigenvalue weighted by atomic mass is 19.1. The summed E-state index contributed by atoms with van der Waals surface area (Å²) in [6.45, 7) is 3.99. The molecule has 0 spiro atoms. The Hall–Kier alpha value is -2.10. The molecule has 2 aromatic rings.